The number of nitrogens with one attached hydrogen (secondary N) is 1. The first kappa shape index (κ1) is 17.6. The molecule has 3 aromatic heterocycles. The number of methoxy groups -OCH3 is 1. The molecule has 3 heterocycles. The number of nitrogens with zero attached hydrogens (tertiary/aromatic N) is 3. The summed E-state index contributed by atoms with van der Waals surface area (Å²) in [5.41, 5.74) is 4.58. The summed E-state index contributed by atoms with van der Waals surface area (Å²) >= 11 is 0. The van der Waals surface area contributed by atoms with E-state index in [-0.39, 0.29) is 5.82 Å². The van der Waals surface area contributed by atoms with Crippen LogP contribution in [0.4, 0.5) is 15.8 Å². The molecule has 0 spiro atoms. The van der Waals surface area contributed by atoms with Gasteiger partial charge >= 0.3 is 0 Å². The molecular formula is C22H17FN4O. The number of hydrogen-bond donors (Lipinski definition) is 1. The molecule has 138 valence electrons. The van der Waals surface area contributed by atoms with Gasteiger partial charge in [-0.25, -0.2) is 9.37 Å². The van der Waals surface area contributed by atoms with E-state index in [4.69, 9.17) is 4.74 Å². The number of ether oxygens (including phenoxy) is 1. The van der Waals surface area contributed by atoms with Crippen LogP contribution in [-0.4, -0.2) is 22.1 Å². The topological polar surface area (TPSA) is 59.9 Å². The van der Waals surface area contributed by atoms with Crippen molar-refractivity contribution in [1.82, 2.24) is 15.0 Å². The van der Waals surface area contributed by atoms with Gasteiger partial charge in [0.2, 0.25) is 5.88 Å². The van der Waals surface area contributed by atoms with Crippen LogP contribution in [0.25, 0.3) is 22.3 Å². The van der Waals surface area contributed by atoms with Gasteiger partial charge in [-0.05, 0) is 24.3 Å². The van der Waals surface area contributed by atoms with Crippen LogP contribution in [0.5, 0.6) is 5.88 Å². The lowest BCUT2D eigenvalue weighted by Crippen LogP contribution is -1.94. The Kier molecular flexibility index (Phi) is 4.93. The number of anilines is 2. The number of pyridine rings is 3. The minimum absolute atomic E-state index is 0.276. The molecule has 0 atom stereocenters. The van der Waals surface area contributed by atoms with E-state index in [9.17, 15) is 4.39 Å². The van der Waals surface area contributed by atoms with E-state index in [1.807, 2.05) is 18.2 Å². The molecule has 28 heavy (non-hydrogen) atoms. The molecular weight excluding hydrogens is 355 g/mol. The third-order valence-corrected chi connectivity index (χ3v) is 4.23. The molecule has 1 aromatic carbocycles. The van der Waals surface area contributed by atoms with E-state index in [0.717, 1.165) is 22.5 Å². The van der Waals surface area contributed by atoms with Crippen molar-refractivity contribution in [3.8, 4) is 28.1 Å². The largest absolute Gasteiger partial charge is 0.481 e. The summed E-state index contributed by atoms with van der Waals surface area (Å²) in [4.78, 5) is 12.8. The van der Waals surface area contributed by atoms with Gasteiger partial charge < -0.3 is 10.1 Å². The smallest absolute Gasteiger partial charge is 0.213 e. The van der Waals surface area contributed by atoms with Gasteiger partial charge in [0.15, 0.2) is 0 Å². The van der Waals surface area contributed by atoms with E-state index < -0.39 is 0 Å². The van der Waals surface area contributed by atoms with E-state index in [1.165, 1.54) is 6.07 Å². The molecule has 0 radical (unpaired) electrons. The minimum Gasteiger partial charge on any atom is -0.481 e. The molecule has 0 aliphatic rings. The SMILES string of the molecule is COc1ccc(Nc2cncc(-c3cncc(-c4ccccc4F)c3)c2)cn1. The van der Waals surface area contributed by atoms with Crippen molar-refractivity contribution in [2.24, 2.45) is 0 Å². The van der Waals surface area contributed by atoms with Crippen LogP contribution >= 0.6 is 0 Å². The zero-order valence-corrected chi connectivity index (χ0v) is 15.1. The fourth-order valence-corrected chi connectivity index (χ4v) is 2.85. The predicted octanol–water partition coefficient (Wildman–Crippen LogP) is 5.10. The first-order valence-electron chi connectivity index (χ1n) is 8.65. The number of aromatic nitrogens is 3. The summed E-state index contributed by atoms with van der Waals surface area (Å²) in [5, 5.41) is 3.26. The van der Waals surface area contributed by atoms with Gasteiger partial charge in [-0.15, -0.1) is 0 Å². The van der Waals surface area contributed by atoms with Gasteiger partial charge in [-0.3, -0.25) is 9.97 Å². The Morgan fingerprint density at radius 2 is 1.54 bits per heavy atom. The summed E-state index contributed by atoms with van der Waals surface area (Å²) in [7, 11) is 1.58. The molecule has 0 unspecified atom stereocenters. The van der Waals surface area contributed by atoms with Gasteiger partial charge in [-0.2, -0.15) is 0 Å². The lowest BCUT2D eigenvalue weighted by atomic mass is 10.0. The van der Waals surface area contributed by atoms with Crippen LogP contribution in [0.2, 0.25) is 0 Å². The maximum absolute atomic E-state index is 14.1. The quantitative estimate of drug-likeness (QED) is 0.528. The third-order valence-electron chi connectivity index (χ3n) is 4.23. The Morgan fingerprint density at radius 1 is 0.786 bits per heavy atom. The van der Waals surface area contributed by atoms with E-state index in [1.54, 1.807) is 62.4 Å². The first-order valence-corrected chi connectivity index (χ1v) is 8.65. The molecule has 0 fully saturated rings. The molecule has 0 saturated carbocycles. The summed E-state index contributed by atoms with van der Waals surface area (Å²) in [6.07, 6.45) is 8.55. The van der Waals surface area contributed by atoms with Crippen LogP contribution in [0.15, 0.2) is 79.5 Å². The number of benzene rings is 1. The summed E-state index contributed by atoms with van der Waals surface area (Å²) < 4.78 is 19.2. The molecule has 4 aromatic rings. The van der Waals surface area contributed by atoms with Gasteiger partial charge in [-0.1, -0.05) is 18.2 Å². The maximum Gasteiger partial charge on any atom is 0.213 e. The fourth-order valence-electron chi connectivity index (χ4n) is 2.85. The highest BCUT2D eigenvalue weighted by Crippen LogP contribution is 2.28. The fraction of sp³-hybridized carbons (Fsp3) is 0.0455. The Morgan fingerprint density at radius 3 is 2.29 bits per heavy atom. The highest BCUT2D eigenvalue weighted by Gasteiger charge is 2.08. The van der Waals surface area contributed by atoms with Crippen molar-refractivity contribution >= 4 is 11.4 Å². The zero-order chi connectivity index (χ0) is 19.3. The van der Waals surface area contributed by atoms with Crippen LogP contribution in [0.3, 0.4) is 0 Å². The van der Waals surface area contributed by atoms with Crippen LogP contribution in [0.1, 0.15) is 0 Å². The Hall–Kier alpha value is -3.80. The second-order valence-electron chi connectivity index (χ2n) is 6.12. The van der Waals surface area contributed by atoms with Crippen molar-refractivity contribution in [2.75, 3.05) is 12.4 Å². The van der Waals surface area contributed by atoms with Gasteiger partial charge in [0.05, 0.1) is 30.9 Å². The average molecular weight is 372 g/mol. The summed E-state index contributed by atoms with van der Waals surface area (Å²) in [6.45, 7) is 0. The van der Waals surface area contributed by atoms with Crippen molar-refractivity contribution < 1.29 is 9.13 Å². The monoisotopic (exact) mass is 372 g/mol. The van der Waals surface area contributed by atoms with E-state index in [2.05, 4.69) is 20.3 Å². The first-order chi connectivity index (χ1) is 13.7. The molecule has 0 aliphatic heterocycles. The molecule has 4 rings (SSSR count). The Labute approximate surface area is 161 Å². The zero-order valence-electron chi connectivity index (χ0n) is 15.1. The minimum atomic E-state index is -0.276. The van der Waals surface area contributed by atoms with Crippen molar-refractivity contribution in [2.45, 2.75) is 0 Å². The van der Waals surface area contributed by atoms with E-state index >= 15 is 0 Å². The molecule has 0 amide bonds. The standard InChI is InChI=1S/C22H17FN4O/c1-28-22-7-6-18(14-26-22)27-19-9-16(11-25-13-19)15-8-17(12-24-10-15)20-4-2-3-5-21(20)23/h2-14,27H,1H3. The van der Waals surface area contributed by atoms with E-state index in [0.29, 0.717) is 17.0 Å². The summed E-state index contributed by atoms with van der Waals surface area (Å²) in [6, 6.07) is 14.2. The van der Waals surface area contributed by atoms with Crippen molar-refractivity contribution in [3.63, 3.8) is 0 Å². The Balaban J connectivity index is 1.62. The molecule has 0 bridgehead atoms. The van der Waals surface area contributed by atoms with Gasteiger partial charge in [0, 0.05) is 46.9 Å². The third kappa shape index (κ3) is 3.81. The summed E-state index contributed by atoms with van der Waals surface area (Å²) in [5.74, 6) is 0.274. The van der Waals surface area contributed by atoms with Crippen molar-refractivity contribution in [3.05, 3.63) is 85.3 Å². The molecule has 1 N–H and O–H groups in total. The molecule has 5 nitrogen and oxygen atoms in total. The average Bonchev–Trinajstić information content (AvgIpc) is 2.75. The Bertz CT molecular complexity index is 1100. The lowest BCUT2D eigenvalue weighted by molar-refractivity contribution is 0.398. The highest BCUT2D eigenvalue weighted by molar-refractivity contribution is 5.74. The second kappa shape index (κ2) is 7.84. The molecule has 0 aliphatic carbocycles. The highest BCUT2D eigenvalue weighted by atomic mass is 19.1. The molecule has 0 saturated heterocycles. The number of halogens is 1. The number of hydrogen-bond acceptors (Lipinski definition) is 5. The lowest BCUT2D eigenvalue weighted by Gasteiger charge is -2.09. The predicted molar refractivity (Wildman–Crippen MR) is 107 cm³/mol. The van der Waals surface area contributed by atoms with Gasteiger partial charge in [0.1, 0.15) is 5.82 Å². The maximum atomic E-state index is 14.1. The van der Waals surface area contributed by atoms with Crippen LogP contribution in [0, 0.1) is 5.82 Å². The normalized spacial score (nSPS) is 10.5. The second-order valence-corrected chi connectivity index (χ2v) is 6.12. The molecule has 6 heteroatoms. The van der Waals surface area contributed by atoms with Crippen LogP contribution in [-0.2, 0) is 0 Å². The van der Waals surface area contributed by atoms with Crippen molar-refractivity contribution in [1.29, 1.82) is 0 Å². The van der Waals surface area contributed by atoms with Crippen LogP contribution < -0.4 is 10.1 Å². The van der Waals surface area contributed by atoms with Gasteiger partial charge in [0.25, 0.3) is 0 Å². The number of rotatable bonds is 5.